The molecular weight excluding hydrogens is 342 g/mol. The Labute approximate surface area is 159 Å². The van der Waals surface area contributed by atoms with E-state index in [0.29, 0.717) is 0 Å². The van der Waals surface area contributed by atoms with Gasteiger partial charge in [-0.1, -0.05) is 80.4 Å². The van der Waals surface area contributed by atoms with Gasteiger partial charge in [-0.2, -0.15) is 8.78 Å². The maximum atomic E-state index is 12.5. The van der Waals surface area contributed by atoms with Crippen LogP contribution in [-0.4, -0.2) is 6.61 Å². The highest BCUT2D eigenvalue weighted by Gasteiger charge is 2.10. The van der Waals surface area contributed by atoms with Crippen LogP contribution in [0.4, 0.5) is 8.78 Å². The smallest absolute Gasteiger partial charge is 0.387 e. The lowest BCUT2D eigenvalue weighted by atomic mass is 9.93. The SMILES string of the molecule is CCCCCc1cccc(-c2ccccc2-c2cccc(OC(F)F)c2)c1. The fraction of sp³-hybridized carbons (Fsp3) is 0.250. The molecule has 0 saturated heterocycles. The molecule has 1 nitrogen and oxygen atoms in total. The molecule has 0 N–H and O–H groups in total. The molecule has 3 heteroatoms. The van der Waals surface area contributed by atoms with Gasteiger partial charge in [0.15, 0.2) is 0 Å². The minimum absolute atomic E-state index is 0.172. The van der Waals surface area contributed by atoms with E-state index in [2.05, 4.69) is 42.0 Å². The molecule has 0 aliphatic rings. The van der Waals surface area contributed by atoms with E-state index in [1.807, 2.05) is 24.3 Å². The Morgan fingerprint density at radius 3 is 2.11 bits per heavy atom. The Balaban J connectivity index is 1.94. The van der Waals surface area contributed by atoms with Crippen LogP contribution in [0, 0.1) is 0 Å². The quantitative estimate of drug-likeness (QED) is 0.379. The number of hydrogen-bond donors (Lipinski definition) is 0. The first-order chi connectivity index (χ1) is 13.2. The Bertz CT molecular complexity index is 874. The number of ether oxygens (including phenoxy) is 1. The summed E-state index contributed by atoms with van der Waals surface area (Å²) < 4.78 is 29.7. The summed E-state index contributed by atoms with van der Waals surface area (Å²) in [6.07, 6.45) is 4.70. The summed E-state index contributed by atoms with van der Waals surface area (Å²) >= 11 is 0. The Hall–Kier alpha value is -2.68. The third kappa shape index (κ3) is 5.16. The van der Waals surface area contributed by atoms with Gasteiger partial charge in [0, 0.05) is 0 Å². The van der Waals surface area contributed by atoms with Crippen molar-refractivity contribution in [3.63, 3.8) is 0 Å². The van der Waals surface area contributed by atoms with Crippen molar-refractivity contribution < 1.29 is 13.5 Å². The number of aryl methyl sites for hydroxylation is 1. The molecule has 0 spiro atoms. The van der Waals surface area contributed by atoms with Crippen LogP contribution in [0.5, 0.6) is 5.75 Å². The molecule has 3 aromatic carbocycles. The molecule has 0 bridgehead atoms. The number of alkyl halides is 2. The van der Waals surface area contributed by atoms with Gasteiger partial charge in [0.05, 0.1) is 0 Å². The minimum Gasteiger partial charge on any atom is -0.435 e. The van der Waals surface area contributed by atoms with Crippen LogP contribution >= 0.6 is 0 Å². The second-order valence-electron chi connectivity index (χ2n) is 6.61. The summed E-state index contributed by atoms with van der Waals surface area (Å²) in [5.74, 6) is 0.172. The number of halogens is 2. The Morgan fingerprint density at radius 1 is 0.778 bits per heavy atom. The normalized spacial score (nSPS) is 11.0. The summed E-state index contributed by atoms with van der Waals surface area (Å²) in [7, 11) is 0. The van der Waals surface area contributed by atoms with Gasteiger partial charge >= 0.3 is 6.61 Å². The van der Waals surface area contributed by atoms with Crippen LogP contribution in [0.15, 0.2) is 72.8 Å². The molecule has 0 amide bonds. The van der Waals surface area contributed by atoms with E-state index >= 15 is 0 Å². The van der Waals surface area contributed by atoms with Crippen molar-refractivity contribution in [2.24, 2.45) is 0 Å². The van der Waals surface area contributed by atoms with Crippen molar-refractivity contribution in [3.8, 4) is 28.0 Å². The van der Waals surface area contributed by atoms with Gasteiger partial charge < -0.3 is 4.74 Å². The van der Waals surface area contributed by atoms with Crippen molar-refractivity contribution in [2.45, 2.75) is 39.2 Å². The molecule has 0 aliphatic carbocycles. The molecule has 0 heterocycles. The molecule has 0 atom stereocenters. The molecule has 0 fully saturated rings. The molecule has 0 aliphatic heterocycles. The van der Waals surface area contributed by atoms with Crippen LogP contribution in [0.25, 0.3) is 22.3 Å². The first kappa shape index (κ1) is 19.1. The highest BCUT2D eigenvalue weighted by Crippen LogP contribution is 2.34. The molecule has 27 heavy (non-hydrogen) atoms. The summed E-state index contributed by atoms with van der Waals surface area (Å²) in [6, 6.07) is 23.5. The molecule has 0 unspecified atom stereocenters. The Kier molecular flexibility index (Phi) is 6.59. The zero-order valence-corrected chi connectivity index (χ0v) is 15.5. The van der Waals surface area contributed by atoms with Gasteiger partial charge in [-0.15, -0.1) is 0 Å². The molecule has 3 aromatic rings. The van der Waals surface area contributed by atoms with E-state index in [-0.39, 0.29) is 5.75 Å². The fourth-order valence-corrected chi connectivity index (χ4v) is 3.30. The van der Waals surface area contributed by atoms with Crippen LogP contribution < -0.4 is 4.74 Å². The zero-order chi connectivity index (χ0) is 19.1. The van der Waals surface area contributed by atoms with Crippen LogP contribution in [0.2, 0.25) is 0 Å². The summed E-state index contributed by atoms with van der Waals surface area (Å²) in [4.78, 5) is 0. The second-order valence-corrected chi connectivity index (χ2v) is 6.61. The third-order valence-corrected chi connectivity index (χ3v) is 4.60. The van der Waals surface area contributed by atoms with Crippen molar-refractivity contribution >= 4 is 0 Å². The molecule has 140 valence electrons. The van der Waals surface area contributed by atoms with Crippen LogP contribution in [0.3, 0.4) is 0 Å². The van der Waals surface area contributed by atoms with Crippen molar-refractivity contribution in [2.75, 3.05) is 0 Å². The van der Waals surface area contributed by atoms with E-state index in [1.165, 1.54) is 24.8 Å². The van der Waals surface area contributed by atoms with Crippen LogP contribution in [0.1, 0.15) is 31.7 Å². The predicted octanol–water partition coefficient (Wildman–Crippen LogP) is 7.35. The van der Waals surface area contributed by atoms with Gasteiger partial charge in [-0.3, -0.25) is 0 Å². The molecular formula is C24H24F2O. The number of rotatable bonds is 8. The standard InChI is InChI=1S/C24H24F2O/c1-2-3-4-9-18-10-7-11-19(16-18)22-14-5-6-15-23(22)20-12-8-13-21(17-20)27-24(25)26/h5-8,10-17,24H,2-4,9H2,1H3. The van der Waals surface area contributed by atoms with E-state index in [4.69, 9.17) is 0 Å². The largest absolute Gasteiger partial charge is 0.435 e. The molecule has 0 radical (unpaired) electrons. The average molecular weight is 366 g/mol. The highest BCUT2D eigenvalue weighted by atomic mass is 19.3. The summed E-state index contributed by atoms with van der Waals surface area (Å²) in [5, 5.41) is 0. The monoisotopic (exact) mass is 366 g/mol. The summed E-state index contributed by atoms with van der Waals surface area (Å²) in [5.41, 5.74) is 5.41. The van der Waals surface area contributed by atoms with E-state index in [9.17, 15) is 8.78 Å². The fourth-order valence-electron chi connectivity index (χ4n) is 3.30. The summed E-state index contributed by atoms with van der Waals surface area (Å²) in [6.45, 7) is -0.617. The Morgan fingerprint density at radius 2 is 1.44 bits per heavy atom. The first-order valence-corrected chi connectivity index (χ1v) is 9.41. The lowest BCUT2D eigenvalue weighted by Crippen LogP contribution is -2.01. The average Bonchev–Trinajstić information content (AvgIpc) is 2.68. The minimum atomic E-state index is -2.82. The lowest BCUT2D eigenvalue weighted by molar-refractivity contribution is -0.0498. The van der Waals surface area contributed by atoms with Gasteiger partial charge in [0.1, 0.15) is 5.75 Å². The zero-order valence-electron chi connectivity index (χ0n) is 15.5. The number of unbranched alkanes of at least 4 members (excludes halogenated alkanes) is 2. The first-order valence-electron chi connectivity index (χ1n) is 9.41. The van der Waals surface area contributed by atoms with E-state index in [0.717, 1.165) is 28.7 Å². The van der Waals surface area contributed by atoms with Gasteiger partial charge in [0.25, 0.3) is 0 Å². The molecule has 0 aromatic heterocycles. The van der Waals surface area contributed by atoms with Crippen molar-refractivity contribution in [3.05, 3.63) is 78.4 Å². The number of hydrogen-bond acceptors (Lipinski definition) is 1. The predicted molar refractivity (Wildman–Crippen MR) is 107 cm³/mol. The van der Waals surface area contributed by atoms with Gasteiger partial charge in [-0.05, 0) is 52.8 Å². The van der Waals surface area contributed by atoms with E-state index in [1.54, 1.807) is 18.2 Å². The number of benzene rings is 3. The van der Waals surface area contributed by atoms with Crippen LogP contribution in [-0.2, 0) is 6.42 Å². The third-order valence-electron chi connectivity index (χ3n) is 4.60. The second kappa shape index (κ2) is 9.31. The van der Waals surface area contributed by atoms with Gasteiger partial charge in [0.2, 0.25) is 0 Å². The maximum Gasteiger partial charge on any atom is 0.387 e. The molecule has 0 saturated carbocycles. The van der Waals surface area contributed by atoms with Gasteiger partial charge in [-0.25, -0.2) is 0 Å². The van der Waals surface area contributed by atoms with E-state index < -0.39 is 6.61 Å². The van der Waals surface area contributed by atoms with Crippen molar-refractivity contribution in [1.29, 1.82) is 0 Å². The highest BCUT2D eigenvalue weighted by molar-refractivity contribution is 5.84. The topological polar surface area (TPSA) is 9.23 Å². The lowest BCUT2D eigenvalue weighted by Gasteiger charge is -2.13. The molecule has 3 rings (SSSR count). The maximum absolute atomic E-state index is 12.5. The van der Waals surface area contributed by atoms with Crippen molar-refractivity contribution in [1.82, 2.24) is 0 Å².